The quantitative estimate of drug-likeness (QED) is 0.634. The predicted octanol–water partition coefficient (Wildman–Crippen LogP) is -0.395. The number of nitrogens with two attached hydrogens (primary N) is 1. The lowest BCUT2D eigenvalue weighted by molar-refractivity contribution is -0.125. The van der Waals surface area contributed by atoms with Gasteiger partial charge >= 0.3 is 0 Å². The summed E-state index contributed by atoms with van der Waals surface area (Å²) in [6.45, 7) is 1.44. The summed E-state index contributed by atoms with van der Waals surface area (Å²) in [5, 5.41) is 2.84. The Morgan fingerprint density at radius 2 is 2.53 bits per heavy atom. The van der Waals surface area contributed by atoms with E-state index >= 15 is 0 Å². The molecule has 15 heavy (non-hydrogen) atoms. The minimum Gasteiger partial charge on any atom is -0.379 e. The first-order valence-corrected chi connectivity index (χ1v) is 5.00. The summed E-state index contributed by atoms with van der Waals surface area (Å²) in [4.78, 5) is 14.6. The standard InChI is InChI=1S/C10H15N3O2/c11-9-6-15-5-8(9)10(14)13-4-7-1-2-12-3-7/h1-3,8-9,12H,4-6,11H2,(H,13,14). The molecule has 1 aromatic heterocycles. The average molecular weight is 209 g/mol. The SMILES string of the molecule is NC1COCC1C(=O)NCc1cc[nH]c1. The van der Waals surface area contributed by atoms with Crippen molar-refractivity contribution in [2.45, 2.75) is 12.6 Å². The van der Waals surface area contributed by atoms with Crippen LogP contribution in [0.15, 0.2) is 18.5 Å². The molecular formula is C10H15N3O2. The summed E-state index contributed by atoms with van der Waals surface area (Å²) in [5.41, 5.74) is 6.79. The Bertz CT molecular complexity index is 323. The normalized spacial score (nSPS) is 25.4. The summed E-state index contributed by atoms with van der Waals surface area (Å²) in [5.74, 6) is -0.231. The third-order valence-corrected chi connectivity index (χ3v) is 2.59. The van der Waals surface area contributed by atoms with E-state index in [1.165, 1.54) is 0 Å². The summed E-state index contributed by atoms with van der Waals surface area (Å²) in [7, 11) is 0. The molecule has 0 spiro atoms. The van der Waals surface area contributed by atoms with Crippen LogP contribution in [0.3, 0.4) is 0 Å². The molecule has 1 saturated heterocycles. The molecule has 1 aliphatic rings. The maximum absolute atomic E-state index is 11.7. The molecular weight excluding hydrogens is 194 g/mol. The van der Waals surface area contributed by atoms with Crippen LogP contribution in [0, 0.1) is 5.92 Å². The first-order valence-electron chi connectivity index (χ1n) is 5.00. The molecule has 1 fully saturated rings. The monoisotopic (exact) mass is 209 g/mol. The lowest BCUT2D eigenvalue weighted by atomic mass is 10.0. The first-order chi connectivity index (χ1) is 7.27. The van der Waals surface area contributed by atoms with E-state index in [4.69, 9.17) is 10.5 Å². The Hall–Kier alpha value is -1.33. The van der Waals surface area contributed by atoms with E-state index in [0.29, 0.717) is 19.8 Å². The molecule has 1 aliphatic heterocycles. The number of aromatic nitrogens is 1. The van der Waals surface area contributed by atoms with Crippen LogP contribution in [0.2, 0.25) is 0 Å². The van der Waals surface area contributed by atoms with Gasteiger partial charge in [0.1, 0.15) is 0 Å². The predicted molar refractivity (Wildman–Crippen MR) is 54.9 cm³/mol. The second-order valence-electron chi connectivity index (χ2n) is 3.74. The maximum atomic E-state index is 11.7. The van der Waals surface area contributed by atoms with Crippen molar-refractivity contribution >= 4 is 5.91 Å². The van der Waals surface area contributed by atoms with Crippen molar-refractivity contribution in [2.75, 3.05) is 13.2 Å². The molecule has 5 heteroatoms. The van der Waals surface area contributed by atoms with Gasteiger partial charge < -0.3 is 20.8 Å². The third-order valence-electron chi connectivity index (χ3n) is 2.59. The second-order valence-corrected chi connectivity index (χ2v) is 3.74. The van der Waals surface area contributed by atoms with Gasteiger partial charge in [-0.3, -0.25) is 4.79 Å². The Morgan fingerprint density at radius 3 is 3.13 bits per heavy atom. The summed E-state index contributed by atoms with van der Waals surface area (Å²) in [6.07, 6.45) is 3.68. The number of rotatable bonds is 3. The minimum atomic E-state index is -0.205. The largest absolute Gasteiger partial charge is 0.379 e. The molecule has 0 aromatic carbocycles. The van der Waals surface area contributed by atoms with Crippen molar-refractivity contribution in [3.63, 3.8) is 0 Å². The lowest BCUT2D eigenvalue weighted by Gasteiger charge is -2.12. The molecule has 0 bridgehead atoms. The van der Waals surface area contributed by atoms with Crippen LogP contribution in [-0.2, 0) is 16.1 Å². The van der Waals surface area contributed by atoms with Gasteiger partial charge in [0.25, 0.3) is 0 Å². The fourth-order valence-corrected chi connectivity index (χ4v) is 1.63. The van der Waals surface area contributed by atoms with Crippen LogP contribution in [-0.4, -0.2) is 30.1 Å². The van der Waals surface area contributed by atoms with Gasteiger partial charge in [0, 0.05) is 25.0 Å². The van der Waals surface area contributed by atoms with Gasteiger partial charge in [0.15, 0.2) is 0 Å². The topological polar surface area (TPSA) is 80.1 Å². The smallest absolute Gasteiger partial charge is 0.227 e. The van der Waals surface area contributed by atoms with Gasteiger partial charge in [-0.2, -0.15) is 0 Å². The highest BCUT2D eigenvalue weighted by Crippen LogP contribution is 2.11. The van der Waals surface area contributed by atoms with Gasteiger partial charge in [-0.15, -0.1) is 0 Å². The number of aromatic amines is 1. The van der Waals surface area contributed by atoms with Gasteiger partial charge in [-0.1, -0.05) is 0 Å². The molecule has 5 nitrogen and oxygen atoms in total. The summed E-state index contributed by atoms with van der Waals surface area (Å²) in [6, 6.07) is 1.75. The molecule has 82 valence electrons. The zero-order valence-corrected chi connectivity index (χ0v) is 8.40. The van der Waals surface area contributed by atoms with Crippen molar-refractivity contribution in [3.8, 4) is 0 Å². The van der Waals surface area contributed by atoms with Gasteiger partial charge in [0.05, 0.1) is 19.1 Å². The first kappa shape index (κ1) is 10.2. The van der Waals surface area contributed by atoms with Crippen LogP contribution >= 0.6 is 0 Å². The van der Waals surface area contributed by atoms with E-state index in [1.54, 1.807) is 0 Å². The lowest BCUT2D eigenvalue weighted by Crippen LogP contribution is -2.40. The van der Waals surface area contributed by atoms with Crippen molar-refractivity contribution in [1.29, 1.82) is 0 Å². The number of ether oxygens (including phenoxy) is 1. The van der Waals surface area contributed by atoms with Crippen LogP contribution in [0.5, 0.6) is 0 Å². The van der Waals surface area contributed by atoms with Gasteiger partial charge in [-0.25, -0.2) is 0 Å². The van der Waals surface area contributed by atoms with Crippen LogP contribution in [0.1, 0.15) is 5.56 Å². The molecule has 0 radical (unpaired) electrons. The number of amides is 1. The number of carbonyl (C=O) groups is 1. The fraction of sp³-hybridized carbons (Fsp3) is 0.500. The van der Waals surface area contributed by atoms with Crippen molar-refractivity contribution in [2.24, 2.45) is 11.7 Å². The molecule has 0 saturated carbocycles. The molecule has 0 aliphatic carbocycles. The number of H-pyrrole nitrogens is 1. The number of hydrogen-bond donors (Lipinski definition) is 3. The Kier molecular flexibility index (Phi) is 3.03. The van der Waals surface area contributed by atoms with E-state index in [2.05, 4.69) is 10.3 Å². The van der Waals surface area contributed by atoms with E-state index < -0.39 is 0 Å². The number of carbonyl (C=O) groups excluding carboxylic acids is 1. The van der Waals surface area contributed by atoms with E-state index in [9.17, 15) is 4.79 Å². The summed E-state index contributed by atoms with van der Waals surface area (Å²) >= 11 is 0. The zero-order chi connectivity index (χ0) is 10.7. The van der Waals surface area contributed by atoms with Crippen LogP contribution in [0.25, 0.3) is 0 Å². The van der Waals surface area contributed by atoms with E-state index in [1.807, 2.05) is 18.5 Å². The highest BCUT2D eigenvalue weighted by molar-refractivity contribution is 5.79. The summed E-state index contributed by atoms with van der Waals surface area (Å²) < 4.78 is 5.14. The number of hydrogen-bond acceptors (Lipinski definition) is 3. The van der Waals surface area contributed by atoms with Gasteiger partial charge in [-0.05, 0) is 11.6 Å². The van der Waals surface area contributed by atoms with Crippen molar-refractivity contribution in [3.05, 3.63) is 24.0 Å². The Labute approximate surface area is 88.0 Å². The van der Waals surface area contributed by atoms with Crippen LogP contribution < -0.4 is 11.1 Å². The Balaban J connectivity index is 1.82. The van der Waals surface area contributed by atoms with E-state index in [0.717, 1.165) is 5.56 Å². The zero-order valence-electron chi connectivity index (χ0n) is 8.40. The highest BCUT2D eigenvalue weighted by Gasteiger charge is 2.30. The van der Waals surface area contributed by atoms with Crippen molar-refractivity contribution in [1.82, 2.24) is 10.3 Å². The molecule has 2 heterocycles. The highest BCUT2D eigenvalue weighted by atomic mass is 16.5. The molecule has 1 aromatic rings. The number of nitrogens with one attached hydrogen (secondary N) is 2. The third kappa shape index (κ3) is 2.37. The van der Waals surface area contributed by atoms with Crippen LogP contribution in [0.4, 0.5) is 0 Å². The molecule has 1 amide bonds. The fourth-order valence-electron chi connectivity index (χ4n) is 1.63. The second kappa shape index (κ2) is 4.46. The molecule has 2 unspecified atom stereocenters. The van der Waals surface area contributed by atoms with Crippen molar-refractivity contribution < 1.29 is 9.53 Å². The van der Waals surface area contributed by atoms with E-state index in [-0.39, 0.29) is 17.9 Å². The Morgan fingerprint density at radius 1 is 1.67 bits per heavy atom. The minimum absolute atomic E-state index is 0.0267. The molecule has 2 rings (SSSR count). The average Bonchev–Trinajstić information content (AvgIpc) is 2.84. The maximum Gasteiger partial charge on any atom is 0.227 e. The van der Waals surface area contributed by atoms with Gasteiger partial charge in [0.2, 0.25) is 5.91 Å². The molecule has 2 atom stereocenters. The molecule has 4 N–H and O–H groups in total.